The first-order valence-corrected chi connectivity index (χ1v) is 7.50. The standard InChI is InChI=1S/C10H12Cl2N2O3S/c11-8-2-1-3-9(12)10(8)13-18(15,16)14-4-6-17-7-5-14/h1-3,13H,4-7H2. The number of morpholine rings is 1. The molecule has 1 aliphatic heterocycles. The SMILES string of the molecule is O=S(=O)(Nc1c(Cl)cccc1Cl)N1CCOCC1. The van der Waals surface area contributed by atoms with E-state index in [1.54, 1.807) is 18.2 Å². The Morgan fingerprint density at radius 1 is 1.17 bits per heavy atom. The third kappa shape index (κ3) is 3.07. The van der Waals surface area contributed by atoms with Gasteiger partial charge >= 0.3 is 10.2 Å². The van der Waals surface area contributed by atoms with E-state index in [1.165, 1.54) is 4.31 Å². The van der Waals surface area contributed by atoms with Gasteiger partial charge in [0.25, 0.3) is 0 Å². The minimum atomic E-state index is -3.65. The van der Waals surface area contributed by atoms with Gasteiger partial charge in [-0.15, -0.1) is 0 Å². The molecule has 5 nitrogen and oxygen atoms in total. The van der Waals surface area contributed by atoms with Crippen LogP contribution < -0.4 is 4.72 Å². The summed E-state index contributed by atoms with van der Waals surface area (Å²) < 4.78 is 33.0. The molecule has 1 aliphatic rings. The number of anilines is 1. The number of nitrogens with zero attached hydrogens (tertiary/aromatic N) is 1. The Morgan fingerprint density at radius 3 is 2.28 bits per heavy atom. The first-order valence-electron chi connectivity index (χ1n) is 5.30. The molecule has 2 rings (SSSR count). The predicted octanol–water partition coefficient (Wildman–Crippen LogP) is 1.98. The monoisotopic (exact) mass is 310 g/mol. The summed E-state index contributed by atoms with van der Waals surface area (Å²) >= 11 is 11.8. The molecule has 1 heterocycles. The summed E-state index contributed by atoms with van der Waals surface area (Å²) in [5.74, 6) is 0. The number of rotatable bonds is 3. The van der Waals surface area contributed by atoms with Crippen molar-refractivity contribution in [2.75, 3.05) is 31.0 Å². The number of halogens is 2. The van der Waals surface area contributed by atoms with Gasteiger partial charge in [0, 0.05) is 13.1 Å². The molecular formula is C10H12Cl2N2O3S. The average molecular weight is 311 g/mol. The first kappa shape index (κ1) is 13.9. The molecule has 0 saturated carbocycles. The Morgan fingerprint density at radius 2 is 1.72 bits per heavy atom. The van der Waals surface area contributed by atoms with Crippen LogP contribution in [0.15, 0.2) is 18.2 Å². The minimum absolute atomic E-state index is 0.201. The van der Waals surface area contributed by atoms with E-state index in [4.69, 9.17) is 27.9 Å². The lowest BCUT2D eigenvalue weighted by molar-refractivity contribution is 0.0733. The molecule has 0 atom stereocenters. The van der Waals surface area contributed by atoms with Gasteiger partial charge in [-0.3, -0.25) is 4.72 Å². The summed E-state index contributed by atoms with van der Waals surface area (Å²) in [7, 11) is -3.65. The molecule has 0 spiro atoms. The zero-order valence-corrected chi connectivity index (χ0v) is 11.7. The topological polar surface area (TPSA) is 58.6 Å². The molecule has 18 heavy (non-hydrogen) atoms. The Balaban J connectivity index is 2.22. The lowest BCUT2D eigenvalue weighted by Crippen LogP contribution is -2.43. The molecule has 0 bridgehead atoms. The average Bonchev–Trinajstić information content (AvgIpc) is 2.35. The smallest absolute Gasteiger partial charge is 0.301 e. The summed E-state index contributed by atoms with van der Waals surface area (Å²) in [5.41, 5.74) is 0.201. The van der Waals surface area contributed by atoms with Crippen LogP contribution in [0, 0.1) is 0 Å². The van der Waals surface area contributed by atoms with Crippen molar-refractivity contribution in [1.29, 1.82) is 0 Å². The van der Waals surface area contributed by atoms with Gasteiger partial charge < -0.3 is 4.74 Å². The zero-order chi connectivity index (χ0) is 13.2. The molecule has 1 aromatic rings. The minimum Gasteiger partial charge on any atom is -0.379 e. The summed E-state index contributed by atoms with van der Waals surface area (Å²) in [6, 6.07) is 4.80. The van der Waals surface area contributed by atoms with Crippen molar-refractivity contribution in [3.63, 3.8) is 0 Å². The van der Waals surface area contributed by atoms with Crippen LogP contribution in [-0.4, -0.2) is 39.0 Å². The van der Waals surface area contributed by atoms with E-state index in [9.17, 15) is 8.42 Å². The second-order valence-electron chi connectivity index (χ2n) is 3.72. The fraction of sp³-hybridized carbons (Fsp3) is 0.400. The van der Waals surface area contributed by atoms with Gasteiger partial charge in [0.15, 0.2) is 0 Å². The van der Waals surface area contributed by atoms with Crippen molar-refractivity contribution < 1.29 is 13.2 Å². The number of ether oxygens (including phenoxy) is 1. The van der Waals surface area contributed by atoms with Crippen LogP contribution in [0.25, 0.3) is 0 Å². The second kappa shape index (κ2) is 5.63. The van der Waals surface area contributed by atoms with Crippen molar-refractivity contribution in [2.24, 2.45) is 0 Å². The van der Waals surface area contributed by atoms with Crippen LogP contribution in [0.5, 0.6) is 0 Å². The molecule has 0 aromatic heterocycles. The van der Waals surface area contributed by atoms with Crippen LogP contribution in [0.3, 0.4) is 0 Å². The molecule has 8 heteroatoms. The number of nitrogens with one attached hydrogen (secondary N) is 1. The quantitative estimate of drug-likeness (QED) is 0.928. The summed E-state index contributed by atoms with van der Waals surface area (Å²) in [5, 5.41) is 0.527. The fourth-order valence-corrected chi connectivity index (χ4v) is 3.42. The first-order chi connectivity index (χ1) is 8.50. The number of para-hydroxylation sites is 1. The van der Waals surface area contributed by atoms with E-state index in [1.807, 2.05) is 0 Å². The number of benzene rings is 1. The molecule has 1 N–H and O–H groups in total. The molecule has 0 aliphatic carbocycles. The Hall–Kier alpha value is -0.530. The van der Waals surface area contributed by atoms with E-state index in [-0.39, 0.29) is 15.7 Å². The summed E-state index contributed by atoms with van der Waals surface area (Å²) in [6.45, 7) is 1.41. The van der Waals surface area contributed by atoms with Gasteiger partial charge in [-0.1, -0.05) is 29.3 Å². The van der Waals surface area contributed by atoms with Crippen LogP contribution in [0.4, 0.5) is 5.69 Å². The Kier molecular flexibility index (Phi) is 4.34. The largest absolute Gasteiger partial charge is 0.379 e. The lowest BCUT2D eigenvalue weighted by atomic mass is 10.3. The van der Waals surface area contributed by atoms with Crippen LogP contribution in [0.1, 0.15) is 0 Å². The highest BCUT2D eigenvalue weighted by atomic mass is 35.5. The van der Waals surface area contributed by atoms with Crippen molar-refractivity contribution >= 4 is 39.1 Å². The van der Waals surface area contributed by atoms with Gasteiger partial charge in [0.2, 0.25) is 0 Å². The maximum atomic E-state index is 12.1. The maximum Gasteiger partial charge on any atom is 0.301 e. The maximum absolute atomic E-state index is 12.1. The van der Waals surface area contributed by atoms with Gasteiger partial charge in [0.1, 0.15) is 0 Å². The molecule has 0 amide bonds. The normalized spacial score (nSPS) is 17.7. The van der Waals surface area contributed by atoms with Crippen LogP contribution >= 0.6 is 23.2 Å². The van der Waals surface area contributed by atoms with E-state index in [0.717, 1.165) is 0 Å². The van der Waals surface area contributed by atoms with Crippen LogP contribution in [-0.2, 0) is 14.9 Å². The molecule has 0 radical (unpaired) electrons. The summed E-state index contributed by atoms with van der Waals surface area (Å²) in [6.07, 6.45) is 0. The molecule has 0 unspecified atom stereocenters. The third-order valence-electron chi connectivity index (χ3n) is 2.50. The van der Waals surface area contributed by atoms with Crippen molar-refractivity contribution in [2.45, 2.75) is 0 Å². The predicted molar refractivity (Wildman–Crippen MR) is 71.4 cm³/mol. The summed E-state index contributed by atoms with van der Waals surface area (Å²) in [4.78, 5) is 0. The van der Waals surface area contributed by atoms with Crippen molar-refractivity contribution in [1.82, 2.24) is 4.31 Å². The van der Waals surface area contributed by atoms with E-state index in [2.05, 4.69) is 4.72 Å². The lowest BCUT2D eigenvalue weighted by Gasteiger charge is -2.26. The second-order valence-corrected chi connectivity index (χ2v) is 6.20. The Bertz CT molecular complexity index is 510. The fourth-order valence-electron chi connectivity index (χ4n) is 1.58. The van der Waals surface area contributed by atoms with Gasteiger partial charge in [-0.25, -0.2) is 0 Å². The third-order valence-corrected chi connectivity index (χ3v) is 4.64. The zero-order valence-electron chi connectivity index (χ0n) is 9.40. The highest BCUT2D eigenvalue weighted by Gasteiger charge is 2.25. The number of hydrogen-bond acceptors (Lipinski definition) is 3. The van der Waals surface area contributed by atoms with Crippen molar-refractivity contribution in [3.05, 3.63) is 28.2 Å². The van der Waals surface area contributed by atoms with E-state index in [0.29, 0.717) is 26.3 Å². The van der Waals surface area contributed by atoms with Gasteiger partial charge in [-0.05, 0) is 12.1 Å². The molecule has 100 valence electrons. The molecular weight excluding hydrogens is 299 g/mol. The van der Waals surface area contributed by atoms with Gasteiger partial charge in [0.05, 0.1) is 28.9 Å². The van der Waals surface area contributed by atoms with Crippen LogP contribution in [0.2, 0.25) is 10.0 Å². The molecule has 1 aromatic carbocycles. The molecule has 1 fully saturated rings. The highest BCUT2D eigenvalue weighted by molar-refractivity contribution is 7.90. The Labute approximate surface area is 116 Å². The van der Waals surface area contributed by atoms with Gasteiger partial charge in [-0.2, -0.15) is 12.7 Å². The van der Waals surface area contributed by atoms with E-state index >= 15 is 0 Å². The van der Waals surface area contributed by atoms with Crippen molar-refractivity contribution in [3.8, 4) is 0 Å². The molecule has 1 saturated heterocycles. The van der Waals surface area contributed by atoms with E-state index < -0.39 is 10.2 Å². The highest BCUT2D eigenvalue weighted by Crippen LogP contribution is 2.31. The number of hydrogen-bond donors (Lipinski definition) is 1.